The lowest BCUT2D eigenvalue weighted by Crippen LogP contribution is -2.42. The second-order valence-corrected chi connectivity index (χ2v) is 7.80. The number of amides is 1. The van der Waals surface area contributed by atoms with Gasteiger partial charge in [-0.3, -0.25) is 0 Å². The summed E-state index contributed by atoms with van der Waals surface area (Å²) in [6.07, 6.45) is -0.772. The van der Waals surface area contributed by atoms with Crippen LogP contribution in [0.4, 0.5) is 9.18 Å². The fourth-order valence-corrected chi connectivity index (χ4v) is 3.84. The van der Waals surface area contributed by atoms with Gasteiger partial charge in [-0.05, 0) is 39.9 Å². The number of carbonyl (C=O) groups excluding carboxylic acids is 1. The molecule has 3 aromatic carbocycles. The second-order valence-electron chi connectivity index (χ2n) is 7.40. The highest BCUT2D eigenvalue weighted by Gasteiger charge is 2.29. The van der Waals surface area contributed by atoms with E-state index in [1.54, 1.807) is 0 Å². The van der Waals surface area contributed by atoms with Crippen molar-refractivity contribution in [3.05, 3.63) is 95.3 Å². The predicted molar refractivity (Wildman–Crippen MR) is 119 cm³/mol. The number of hydrogen-bond acceptors (Lipinski definition) is 6. The molecular formula is C24H20FNO7S. The number of halogens is 1. The number of fused-ring (bicyclic) bond motifs is 3. The van der Waals surface area contributed by atoms with Crippen molar-refractivity contribution in [2.75, 3.05) is 6.61 Å². The first-order chi connectivity index (χ1) is 16.3. The van der Waals surface area contributed by atoms with E-state index in [2.05, 4.69) is 5.32 Å². The van der Waals surface area contributed by atoms with Gasteiger partial charge in [-0.1, -0.05) is 60.7 Å². The van der Waals surface area contributed by atoms with E-state index in [1.165, 1.54) is 24.3 Å². The molecule has 0 heterocycles. The van der Waals surface area contributed by atoms with E-state index in [0.29, 0.717) is 5.56 Å². The summed E-state index contributed by atoms with van der Waals surface area (Å²) in [5.74, 6) is -1.70. The Morgan fingerprint density at radius 2 is 1.41 bits per heavy atom. The zero-order chi connectivity index (χ0) is 24.7. The van der Waals surface area contributed by atoms with Crippen molar-refractivity contribution in [3.8, 4) is 11.1 Å². The van der Waals surface area contributed by atoms with Crippen molar-refractivity contribution < 1.29 is 36.4 Å². The molecule has 3 aromatic rings. The minimum Gasteiger partial charge on any atom is -0.480 e. The third kappa shape index (κ3) is 6.26. The molecule has 2 N–H and O–H groups in total. The Bertz CT molecular complexity index is 1240. The highest BCUT2D eigenvalue weighted by molar-refractivity contribution is 7.59. The van der Waals surface area contributed by atoms with Crippen LogP contribution >= 0.6 is 0 Å². The van der Waals surface area contributed by atoms with E-state index in [1.807, 2.05) is 48.5 Å². The molecular weight excluding hydrogens is 465 g/mol. The first-order valence-corrected chi connectivity index (χ1v) is 11.1. The van der Waals surface area contributed by atoms with E-state index in [-0.39, 0.29) is 18.9 Å². The summed E-state index contributed by atoms with van der Waals surface area (Å²) < 4.78 is 43.8. The van der Waals surface area contributed by atoms with E-state index < -0.39 is 34.5 Å². The van der Waals surface area contributed by atoms with E-state index in [0.717, 1.165) is 22.3 Å². The molecule has 176 valence electrons. The highest BCUT2D eigenvalue weighted by atomic mass is 32.2. The Morgan fingerprint density at radius 1 is 0.912 bits per heavy atom. The Balaban J connectivity index is 0.000000751. The fourth-order valence-electron chi connectivity index (χ4n) is 3.84. The number of alkyl carbamates (subject to hydrolysis) is 1. The van der Waals surface area contributed by atoms with Crippen LogP contribution in [-0.2, 0) is 26.6 Å². The van der Waals surface area contributed by atoms with Gasteiger partial charge in [0.25, 0.3) is 0 Å². The van der Waals surface area contributed by atoms with Gasteiger partial charge in [0.2, 0.25) is 0 Å². The summed E-state index contributed by atoms with van der Waals surface area (Å²) in [5.41, 5.74) is 4.98. The number of carbonyl (C=O) groups is 2. The molecule has 8 nitrogen and oxygen atoms in total. The molecule has 4 rings (SSSR count). The molecule has 1 amide bonds. The van der Waals surface area contributed by atoms with Crippen LogP contribution in [0.25, 0.3) is 11.1 Å². The van der Waals surface area contributed by atoms with Crippen LogP contribution in [0.2, 0.25) is 0 Å². The number of nitrogens with one attached hydrogen (secondary N) is 1. The van der Waals surface area contributed by atoms with Crippen LogP contribution in [0.15, 0.2) is 72.8 Å². The standard InChI is InChI=1S/C24H20FNO4.O3S/c25-16-11-9-15(10-12-16)13-22(23(27)28)26-24(29)30-14-21-19-7-3-1-5-17(19)18-6-2-4-8-20(18)21;1-4(2)3/h1-12,21-22H,13-14H2,(H,26,29)(H,27,28);/t22-;/m0./s1. The third-order valence-corrected chi connectivity index (χ3v) is 5.29. The van der Waals surface area contributed by atoms with Crippen molar-refractivity contribution in [2.45, 2.75) is 18.4 Å². The molecule has 0 unspecified atom stereocenters. The van der Waals surface area contributed by atoms with Crippen LogP contribution < -0.4 is 5.32 Å². The monoisotopic (exact) mass is 485 g/mol. The minimum absolute atomic E-state index is 0.0276. The normalized spacial score (nSPS) is 12.4. The number of carboxylic acids is 1. The van der Waals surface area contributed by atoms with Crippen LogP contribution in [-0.4, -0.2) is 42.4 Å². The van der Waals surface area contributed by atoms with Crippen LogP contribution in [0.1, 0.15) is 22.6 Å². The number of ether oxygens (including phenoxy) is 1. The third-order valence-electron chi connectivity index (χ3n) is 5.29. The van der Waals surface area contributed by atoms with E-state index in [4.69, 9.17) is 17.4 Å². The molecule has 0 bridgehead atoms. The topological polar surface area (TPSA) is 127 Å². The van der Waals surface area contributed by atoms with Gasteiger partial charge in [0.1, 0.15) is 18.5 Å². The van der Waals surface area contributed by atoms with Gasteiger partial charge in [0, 0.05) is 12.3 Å². The molecule has 0 aromatic heterocycles. The van der Waals surface area contributed by atoms with E-state index >= 15 is 0 Å². The molecule has 1 aliphatic carbocycles. The molecule has 0 saturated heterocycles. The smallest absolute Gasteiger partial charge is 0.425 e. The largest absolute Gasteiger partial charge is 0.480 e. The Morgan fingerprint density at radius 3 is 1.91 bits per heavy atom. The molecule has 10 heteroatoms. The van der Waals surface area contributed by atoms with Crippen molar-refractivity contribution in [1.29, 1.82) is 0 Å². The van der Waals surface area contributed by atoms with Crippen molar-refractivity contribution in [3.63, 3.8) is 0 Å². The zero-order valence-electron chi connectivity index (χ0n) is 17.7. The Kier molecular flexibility index (Phi) is 8.10. The van der Waals surface area contributed by atoms with Crippen molar-refractivity contribution >= 4 is 22.7 Å². The predicted octanol–water partition coefficient (Wildman–Crippen LogP) is 3.36. The highest BCUT2D eigenvalue weighted by Crippen LogP contribution is 2.44. The molecule has 0 radical (unpaired) electrons. The van der Waals surface area contributed by atoms with Gasteiger partial charge in [0.05, 0.1) is 0 Å². The minimum atomic E-state index is -3.11. The summed E-state index contributed by atoms with van der Waals surface area (Å²) in [6.45, 7) is 0.0999. The summed E-state index contributed by atoms with van der Waals surface area (Å²) >= 11 is 0. The van der Waals surface area contributed by atoms with Crippen LogP contribution in [0.5, 0.6) is 0 Å². The summed E-state index contributed by atoms with van der Waals surface area (Å²) in [4.78, 5) is 23.9. The van der Waals surface area contributed by atoms with Gasteiger partial charge in [-0.25, -0.2) is 14.0 Å². The van der Waals surface area contributed by atoms with Gasteiger partial charge >= 0.3 is 22.7 Å². The van der Waals surface area contributed by atoms with E-state index in [9.17, 15) is 19.1 Å². The molecule has 1 atom stereocenters. The molecule has 0 saturated carbocycles. The Hall–Kier alpha value is -4.05. The Labute approximate surface area is 196 Å². The average Bonchev–Trinajstić information content (AvgIpc) is 3.12. The maximum atomic E-state index is 13.0. The summed E-state index contributed by atoms with van der Waals surface area (Å²) in [7, 11) is -3.11. The molecule has 34 heavy (non-hydrogen) atoms. The lowest BCUT2D eigenvalue weighted by atomic mass is 9.98. The molecule has 0 spiro atoms. The maximum Gasteiger partial charge on any atom is 0.425 e. The SMILES string of the molecule is O=C(N[C@@H](Cc1ccc(F)cc1)C(=O)O)OCC1c2ccccc2-c2ccccc21.O=S(=O)=O. The van der Waals surface area contributed by atoms with Crippen LogP contribution in [0.3, 0.4) is 0 Å². The number of carboxylic acid groups (broad SMARTS) is 1. The number of rotatable bonds is 6. The lowest BCUT2D eigenvalue weighted by Gasteiger charge is -2.17. The van der Waals surface area contributed by atoms with Gasteiger partial charge in [-0.15, -0.1) is 12.6 Å². The summed E-state index contributed by atoms with van der Waals surface area (Å²) in [6, 6.07) is 20.2. The zero-order valence-corrected chi connectivity index (χ0v) is 18.5. The molecule has 0 fully saturated rings. The van der Waals surface area contributed by atoms with Crippen LogP contribution in [0, 0.1) is 5.82 Å². The molecule has 0 aliphatic heterocycles. The van der Waals surface area contributed by atoms with Crippen molar-refractivity contribution in [1.82, 2.24) is 5.32 Å². The van der Waals surface area contributed by atoms with Gasteiger partial charge < -0.3 is 15.2 Å². The second kappa shape index (κ2) is 11.2. The number of benzene rings is 3. The first kappa shape index (κ1) is 24.6. The number of hydrogen-bond donors (Lipinski definition) is 2. The lowest BCUT2D eigenvalue weighted by molar-refractivity contribution is -0.139. The maximum absolute atomic E-state index is 13.0. The quantitative estimate of drug-likeness (QED) is 0.548. The molecule has 1 aliphatic rings. The van der Waals surface area contributed by atoms with Gasteiger partial charge in [0.15, 0.2) is 0 Å². The fraction of sp³-hybridized carbons (Fsp3) is 0.167. The van der Waals surface area contributed by atoms with Crippen molar-refractivity contribution in [2.24, 2.45) is 0 Å². The number of aliphatic carboxylic acids is 1. The summed E-state index contributed by atoms with van der Waals surface area (Å²) in [5, 5.41) is 11.8. The average molecular weight is 485 g/mol. The van der Waals surface area contributed by atoms with Gasteiger partial charge in [-0.2, -0.15) is 0 Å². The first-order valence-electron chi connectivity index (χ1n) is 10.1.